The third-order valence-electron chi connectivity index (χ3n) is 4.26. The summed E-state index contributed by atoms with van der Waals surface area (Å²) in [5.74, 6) is -0.384. The fourth-order valence-electron chi connectivity index (χ4n) is 2.86. The van der Waals surface area contributed by atoms with Gasteiger partial charge in [-0.2, -0.15) is 0 Å². The largest absolute Gasteiger partial charge is 0.398 e. The van der Waals surface area contributed by atoms with Crippen LogP contribution in [-0.4, -0.2) is 35.8 Å². The molecule has 0 saturated carbocycles. The second-order valence-corrected chi connectivity index (χ2v) is 6.76. The summed E-state index contributed by atoms with van der Waals surface area (Å²) in [5.41, 5.74) is 7.59. The van der Waals surface area contributed by atoms with E-state index >= 15 is 0 Å². The number of hydrogen-bond acceptors (Lipinski definition) is 3. The first-order valence-electron chi connectivity index (χ1n) is 8.52. The first-order valence-corrected chi connectivity index (χ1v) is 8.90. The van der Waals surface area contributed by atoms with Crippen LogP contribution in [0.4, 0.5) is 5.69 Å². The van der Waals surface area contributed by atoms with Crippen LogP contribution in [-0.2, 0) is 4.79 Å². The van der Waals surface area contributed by atoms with Crippen molar-refractivity contribution in [2.75, 3.05) is 18.8 Å². The van der Waals surface area contributed by atoms with Gasteiger partial charge >= 0.3 is 0 Å². The second kappa shape index (κ2) is 9.25. The van der Waals surface area contributed by atoms with Gasteiger partial charge in [0.1, 0.15) is 6.04 Å². The van der Waals surface area contributed by atoms with Crippen LogP contribution in [0.2, 0.25) is 0 Å². The Morgan fingerprint density at radius 3 is 2.77 bits per heavy atom. The summed E-state index contributed by atoms with van der Waals surface area (Å²) >= 11 is 5.81. The maximum absolute atomic E-state index is 12.8. The molecule has 3 N–H and O–H groups in total. The van der Waals surface area contributed by atoms with E-state index in [0.717, 1.165) is 12.0 Å². The van der Waals surface area contributed by atoms with E-state index in [9.17, 15) is 9.59 Å². The second-order valence-electron chi connectivity index (χ2n) is 6.16. The van der Waals surface area contributed by atoms with Crippen molar-refractivity contribution in [1.82, 2.24) is 10.2 Å². The van der Waals surface area contributed by atoms with Gasteiger partial charge in [0.15, 0.2) is 0 Å². The highest BCUT2D eigenvalue weighted by atomic mass is 35.5. The molecular formula is C20H24ClN3O2. The van der Waals surface area contributed by atoms with Crippen LogP contribution in [0.1, 0.15) is 30.1 Å². The van der Waals surface area contributed by atoms with Crippen molar-refractivity contribution in [2.45, 2.75) is 25.8 Å². The lowest BCUT2D eigenvalue weighted by atomic mass is 10.1. The van der Waals surface area contributed by atoms with Gasteiger partial charge < -0.3 is 16.0 Å². The highest BCUT2D eigenvalue weighted by molar-refractivity contribution is 6.29. The molecule has 1 saturated heterocycles. The molecule has 1 aromatic carbocycles. The topological polar surface area (TPSA) is 75.4 Å². The average Bonchev–Trinajstić information content (AvgIpc) is 3.11. The minimum Gasteiger partial charge on any atom is -0.398 e. The number of nitrogens with zero attached hydrogens (tertiary/aromatic N) is 1. The van der Waals surface area contributed by atoms with E-state index in [1.54, 1.807) is 54.3 Å². The summed E-state index contributed by atoms with van der Waals surface area (Å²) in [6.07, 6.45) is 6.64. The van der Waals surface area contributed by atoms with Gasteiger partial charge in [0.25, 0.3) is 5.91 Å². The number of allylic oxidation sites excluding steroid dienone is 3. The average molecular weight is 374 g/mol. The van der Waals surface area contributed by atoms with Crippen LogP contribution in [0.15, 0.2) is 59.7 Å². The van der Waals surface area contributed by atoms with Gasteiger partial charge in [-0.3, -0.25) is 9.59 Å². The predicted octanol–water partition coefficient (Wildman–Crippen LogP) is 3.24. The lowest BCUT2D eigenvalue weighted by molar-refractivity contribution is -0.124. The maximum atomic E-state index is 12.8. The minimum atomic E-state index is -0.488. The summed E-state index contributed by atoms with van der Waals surface area (Å²) in [5, 5.41) is 3.52. The van der Waals surface area contributed by atoms with Gasteiger partial charge in [0.2, 0.25) is 5.91 Å². The smallest absolute Gasteiger partial charge is 0.256 e. The number of hydrogen-bond donors (Lipinski definition) is 2. The zero-order valence-corrected chi connectivity index (χ0v) is 15.6. The fraction of sp³-hybridized carbons (Fsp3) is 0.300. The standard InChI is InChI=1S/C20H24ClN3O2/c1-3-15(11-10-14(2)21)13-23-19(25)18-9-6-12-24(18)20(26)16-7-4-5-8-17(16)22/h3-5,7-8,10-11,18H,1,6,9,12-13,22H2,2H3,(H,23,25)/b14-10+,15-11+. The number of anilines is 1. The molecule has 2 amide bonds. The molecule has 1 unspecified atom stereocenters. The number of rotatable bonds is 6. The van der Waals surface area contributed by atoms with Crippen LogP contribution in [0.5, 0.6) is 0 Å². The Kier molecular flexibility index (Phi) is 7.04. The van der Waals surface area contributed by atoms with Gasteiger partial charge in [-0.05, 0) is 43.5 Å². The van der Waals surface area contributed by atoms with E-state index in [1.807, 2.05) is 0 Å². The van der Waals surface area contributed by atoms with E-state index in [-0.39, 0.29) is 11.8 Å². The number of nitrogen functional groups attached to an aromatic ring is 1. The van der Waals surface area contributed by atoms with Gasteiger partial charge in [0.05, 0.1) is 5.56 Å². The van der Waals surface area contributed by atoms with E-state index in [2.05, 4.69) is 11.9 Å². The van der Waals surface area contributed by atoms with E-state index in [4.69, 9.17) is 17.3 Å². The van der Waals surface area contributed by atoms with Crippen LogP contribution in [0.3, 0.4) is 0 Å². The first kappa shape index (κ1) is 19.8. The van der Waals surface area contributed by atoms with Crippen LogP contribution < -0.4 is 11.1 Å². The molecule has 1 aliphatic rings. The molecule has 6 heteroatoms. The fourth-order valence-corrected chi connectivity index (χ4v) is 2.92. The lowest BCUT2D eigenvalue weighted by Crippen LogP contribution is -2.46. The Bertz CT molecular complexity index is 751. The summed E-state index contributed by atoms with van der Waals surface area (Å²) < 4.78 is 0. The van der Waals surface area contributed by atoms with Crippen molar-refractivity contribution in [3.05, 3.63) is 65.2 Å². The van der Waals surface area contributed by atoms with Crippen LogP contribution >= 0.6 is 11.6 Å². The molecule has 1 atom stereocenters. The predicted molar refractivity (Wildman–Crippen MR) is 106 cm³/mol. The number of halogens is 1. The molecule has 1 heterocycles. The normalized spacial score (nSPS) is 17.9. The van der Waals surface area contributed by atoms with Gasteiger partial charge in [-0.15, -0.1) is 0 Å². The molecule has 1 aliphatic heterocycles. The Balaban J connectivity index is 2.05. The lowest BCUT2D eigenvalue weighted by Gasteiger charge is -2.24. The van der Waals surface area contributed by atoms with Crippen molar-refractivity contribution in [1.29, 1.82) is 0 Å². The number of nitrogens with one attached hydrogen (secondary N) is 1. The number of benzene rings is 1. The number of para-hydroxylation sites is 1. The third-order valence-corrected chi connectivity index (χ3v) is 4.39. The maximum Gasteiger partial charge on any atom is 0.256 e. The third kappa shape index (κ3) is 4.99. The van der Waals surface area contributed by atoms with Crippen LogP contribution in [0, 0.1) is 0 Å². The van der Waals surface area contributed by atoms with Crippen molar-refractivity contribution < 1.29 is 9.59 Å². The highest BCUT2D eigenvalue weighted by Gasteiger charge is 2.34. The number of likely N-dealkylation sites (tertiary alicyclic amines) is 1. The Morgan fingerprint density at radius 1 is 1.38 bits per heavy atom. The Morgan fingerprint density at radius 2 is 2.12 bits per heavy atom. The molecule has 0 spiro atoms. The monoisotopic (exact) mass is 373 g/mol. The number of nitrogens with two attached hydrogens (primary N) is 1. The summed E-state index contributed by atoms with van der Waals surface area (Å²) in [7, 11) is 0. The Labute approximate surface area is 159 Å². The minimum absolute atomic E-state index is 0.176. The van der Waals surface area contributed by atoms with E-state index < -0.39 is 6.04 Å². The quantitative estimate of drug-likeness (QED) is 0.593. The first-order chi connectivity index (χ1) is 12.4. The van der Waals surface area contributed by atoms with E-state index in [0.29, 0.717) is 35.8 Å². The molecule has 2 rings (SSSR count). The van der Waals surface area contributed by atoms with Gasteiger partial charge in [-0.25, -0.2) is 0 Å². The zero-order valence-electron chi connectivity index (χ0n) is 14.9. The van der Waals surface area contributed by atoms with Crippen molar-refractivity contribution in [3.63, 3.8) is 0 Å². The van der Waals surface area contributed by atoms with Crippen molar-refractivity contribution in [3.8, 4) is 0 Å². The number of amides is 2. The van der Waals surface area contributed by atoms with Crippen molar-refractivity contribution in [2.24, 2.45) is 0 Å². The zero-order chi connectivity index (χ0) is 19.1. The van der Waals surface area contributed by atoms with Crippen LogP contribution in [0.25, 0.3) is 0 Å². The summed E-state index contributed by atoms with van der Waals surface area (Å²) in [6, 6.07) is 6.43. The summed E-state index contributed by atoms with van der Waals surface area (Å²) in [4.78, 5) is 27.0. The molecule has 0 aromatic heterocycles. The highest BCUT2D eigenvalue weighted by Crippen LogP contribution is 2.22. The SMILES string of the molecule is C=C/C(=C\C=C(/C)Cl)CNC(=O)C1CCCN1C(=O)c1ccccc1N. The molecule has 5 nitrogen and oxygen atoms in total. The molecule has 0 bridgehead atoms. The molecule has 1 fully saturated rings. The molecule has 26 heavy (non-hydrogen) atoms. The van der Waals surface area contributed by atoms with Gasteiger partial charge in [-0.1, -0.05) is 42.5 Å². The molecule has 0 radical (unpaired) electrons. The van der Waals surface area contributed by atoms with E-state index in [1.165, 1.54) is 0 Å². The molecule has 1 aromatic rings. The van der Waals surface area contributed by atoms with Crippen molar-refractivity contribution >= 4 is 29.1 Å². The Hall–Kier alpha value is -2.53. The molecule has 0 aliphatic carbocycles. The number of carbonyl (C=O) groups is 2. The van der Waals surface area contributed by atoms with Gasteiger partial charge in [0, 0.05) is 23.8 Å². The molecular weight excluding hydrogens is 350 g/mol. The summed E-state index contributed by atoms with van der Waals surface area (Å²) in [6.45, 7) is 6.38. The molecule has 138 valence electrons. The number of carbonyl (C=O) groups excluding carboxylic acids is 2.